The molecule has 0 aliphatic heterocycles. The smallest absolute Gasteiger partial charge is 0.322 e. The highest BCUT2D eigenvalue weighted by atomic mass is 19.1. The van der Waals surface area contributed by atoms with Crippen molar-refractivity contribution in [2.24, 2.45) is 0 Å². The second kappa shape index (κ2) is 6.04. The average molecular weight is 289 g/mol. The number of phenols is 1. The zero-order valence-electron chi connectivity index (χ0n) is 10.8. The first kappa shape index (κ1) is 14.5. The van der Waals surface area contributed by atoms with Crippen LogP contribution in [-0.4, -0.2) is 28.6 Å². The number of hydrogen-bond acceptors (Lipinski definition) is 3. The van der Waals surface area contributed by atoms with Crippen LogP contribution in [0.3, 0.4) is 0 Å². The zero-order chi connectivity index (χ0) is 15.4. The van der Waals surface area contributed by atoms with Crippen LogP contribution in [0.2, 0.25) is 0 Å². The SMILES string of the molecule is O=C(O)CNC(=O)c1cc(-c2ccc(F)cc2)ccc1O. The lowest BCUT2D eigenvalue weighted by molar-refractivity contribution is -0.135. The summed E-state index contributed by atoms with van der Waals surface area (Å²) >= 11 is 0. The fourth-order valence-electron chi connectivity index (χ4n) is 1.79. The summed E-state index contributed by atoms with van der Waals surface area (Å²) < 4.78 is 12.9. The van der Waals surface area contributed by atoms with E-state index in [1.165, 1.54) is 24.3 Å². The highest BCUT2D eigenvalue weighted by Gasteiger charge is 2.13. The fourth-order valence-corrected chi connectivity index (χ4v) is 1.79. The van der Waals surface area contributed by atoms with Crippen molar-refractivity contribution >= 4 is 11.9 Å². The van der Waals surface area contributed by atoms with E-state index in [4.69, 9.17) is 5.11 Å². The summed E-state index contributed by atoms with van der Waals surface area (Å²) in [6.07, 6.45) is 0. The van der Waals surface area contributed by atoms with E-state index in [0.29, 0.717) is 11.1 Å². The molecule has 5 nitrogen and oxygen atoms in total. The third-order valence-corrected chi connectivity index (χ3v) is 2.82. The molecule has 0 aliphatic carbocycles. The third-order valence-electron chi connectivity index (χ3n) is 2.82. The molecule has 0 heterocycles. The second-order valence-electron chi connectivity index (χ2n) is 4.32. The molecule has 3 N–H and O–H groups in total. The number of aliphatic carboxylic acids is 1. The molecule has 0 aromatic heterocycles. The van der Waals surface area contributed by atoms with Crippen molar-refractivity contribution in [1.82, 2.24) is 5.32 Å². The van der Waals surface area contributed by atoms with E-state index in [1.807, 2.05) is 0 Å². The summed E-state index contributed by atoms with van der Waals surface area (Å²) in [5.41, 5.74) is 1.23. The number of nitrogens with one attached hydrogen (secondary N) is 1. The second-order valence-corrected chi connectivity index (χ2v) is 4.32. The molecule has 1 amide bonds. The van der Waals surface area contributed by atoms with E-state index < -0.39 is 18.4 Å². The van der Waals surface area contributed by atoms with Crippen molar-refractivity contribution in [3.63, 3.8) is 0 Å². The lowest BCUT2D eigenvalue weighted by Gasteiger charge is -2.08. The van der Waals surface area contributed by atoms with Crippen LogP contribution in [0.15, 0.2) is 42.5 Å². The molecule has 0 bridgehead atoms. The predicted molar refractivity (Wildman–Crippen MR) is 73.5 cm³/mol. The van der Waals surface area contributed by atoms with Crippen molar-refractivity contribution in [3.8, 4) is 16.9 Å². The van der Waals surface area contributed by atoms with E-state index in [9.17, 15) is 19.1 Å². The Kier molecular flexibility index (Phi) is 4.18. The van der Waals surface area contributed by atoms with Crippen LogP contribution in [0.5, 0.6) is 5.75 Å². The van der Waals surface area contributed by atoms with Gasteiger partial charge >= 0.3 is 5.97 Å². The molecule has 2 aromatic rings. The van der Waals surface area contributed by atoms with Gasteiger partial charge in [0.15, 0.2) is 0 Å². The number of phenolic OH excluding ortho intramolecular Hbond substituents is 1. The zero-order valence-corrected chi connectivity index (χ0v) is 10.8. The van der Waals surface area contributed by atoms with Gasteiger partial charge in [-0.15, -0.1) is 0 Å². The minimum atomic E-state index is -1.18. The first-order valence-corrected chi connectivity index (χ1v) is 6.06. The number of carboxylic acid groups (broad SMARTS) is 1. The number of amides is 1. The average Bonchev–Trinajstić information content (AvgIpc) is 2.46. The van der Waals surface area contributed by atoms with Crippen molar-refractivity contribution < 1.29 is 24.2 Å². The van der Waals surface area contributed by atoms with Crippen LogP contribution >= 0.6 is 0 Å². The van der Waals surface area contributed by atoms with E-state index in [1.54, 1.807) is 18.2 Å². The van der Waals surface area contributed by atoms with E-state index in [0.717, 1.165) is 0 Å². The number of carbonyl (C=O) groups is 2. The first-order chi connectivity index (χ1) is 9.97. The number of halogens is 1. The van der Waals surface area contributed by atoms with Crippen molar-refractivity contribution in [2.45, 2.75) is 0 Å². The summed E-state index contributed by atoms with van der Waals surface area (Å²) in [6.45, 7) is -0.543. The van der Waals surface area contributed by atoms with Gasteiger partial charge in [-0.25, -0.2) is 4.39 Å². The van der Waals surface area contributed by atoms with Crippen molar-refractivity contribution in [3.05, 3.63) is 53.8 Å². The molecule has 21 heavy (non-hydrogen) atoms. The number of aromatic hydroxyl groups is 1. The summed E-state index contributed by atoms with van der Waals surface area (Å²) in [5, 5.41) is 20.4. The van der Waals surface area contributed by atoms with Crippen LogP contribution in [-0.2, 0) is 4.79 Å². The summed E-state index contributed by atoms with van der Waals surface area (Å²) in [5.74, 6) is -2.52. The Balaban J connectivity index is 2.30. The van der Waals surface area contributed by atoms with Crippen LogP contribution in [0.25, 0.3) is 11.1 Å². The molecule has 0 spiro atoms. The minimum Gasteiger partial charge on any atom is -0.507 e. The summed E-state index contributed by atoms with van der Waals surface area (Å²) in [6, 6.07) is 9.98. The van der Waals surface area contributed by atoms with Gasteiger partial charge in [0.2, 0.25) is 0 Å². The molecule has 2 rings (SSSR count). The first-order valence-electron chi connectivity index (χ1n) is 6.06. The molecule has 6 heteroatoms. The lowest BCUT2D eigenvalue weighted by atomic mass is 10.0. The molecular weight excluding hydrogens is 277 g/mol. The maximum atomic E-state index is 12.9. The summed E-state index contributed by atoms with van der Waals surface area (Å²) in [4.78, 5) is 22.2. The number of carboxylic acids is 1. The van der Waals surface area contributed by atoms with Gasteiger partial charge in [-0.1, -0.05) is 18.2 Å². The molecule has 0 unspecified atom stereocenters. The molecule has 108 valence electrons. The summed E-state index contributed by atoms with van der Waals surface area (Å²) in [7, 11) is 0. The Morgan fingerprint density at radius 3 is 2.29 bits per heavy atom. The molecule has 0 fully saturated rings. The fraction of sp³-hybridized carbons (Fsp3) is 0.0667. The maximum Gasteiger partial charge on any atom is 0.322 e. The normalized spacial score (nSPS) is 10.1. The Hall–Kier alpha value is -2.89. The highest BCUT2D eigenvalue weighted by Crippen LogP contribution is 2.26. The quantitative estimate of drug-likeness (QED) is 0.803. The topological polar surface area (TPSA) is 86.6 Å². The van der Waals surface area contributed by atoms with Gasteiger partial charge in [-0.05, 0) is 35.4 Å². The van der Waals surface area contributed by atoms with Crippen LogP contribution in [0.4, 0.5) is 4.39 Å². The third kappa shape index (κ3) is 3.56. The molecule has 2 aromatic carbocycles. The minimum absolute atomic E-state index is 0.0434. The molecule has 0 atom stereocenters. The monoisotopic (exact) mass is 289 g/mol. The van der Waals surface area contributed by atoms with Gasteiger partial charge in [0, 0.05) is 0 Å². The van der Waals surface area contributed by atoms with Crippen LogP contribution in [0.1, 0.15) is 10.4 Å². The van der Waals surface area contributed by atoms with Crippen LogP contribution in [0, 0.1) is 5.82 Å². The molecule has 0 saturated carbocycles. The van der Waals surface area contributed by atoms with E-state index >= 15 is 0 Å². The molecule has 0 radical (unpaired) electrons. The van der Waals surface area contributed by atoms with Crippen molar-refractivity contribution in [1.29, 1.82) is 0 Å². The standard InChI is InChI=1S/C15H12FNO4/c16-11-4-1-9(2-5-11)10-3-6-13(18)12(7-10)15(21)17-8-14(19)20/h1-7,18H,8H2,(H,17,21)(H,19,20). The highest BCUT2D eigenvalue weighted by molar-refractivity contribution is 5.99. The maximum absolute atomic E-state index is 12.9. The Morgan fingerprint density at radius 1 is 1.05 bits per heavy atom. The van der Waals surface area contributed by atoms with Gasteiger partial charge in [-0.3, -0.25) is 9.59 Å². The number of rotatable bonds is 4. The molecular formula is C15H12FNO4. The van der Waals surface area contributed by atoms with Gasteiger partial charge < -0.3 is 15.5 Å². The lowest BCUT2D eigenvalue weighted by Crippen LogP contribution is -2.29. The van der Waals surface area contributed by atoms with E-state index in [2.05, 4.69) is 5.32 Å². The van der Waals surface area contributed by atoms with E-state index in [-0.39, 0.29) is 17.1 Å². The molecule has 0 aliphatic rings. The number of carbonyl (C=O) groups excluding carboxylic acids is 1. The van der Waals surface area contributed by atoms with Gasteiger partial charge in [0.05, 0.1) is 5.56 Å². The van der Waals surface area contributed by atoms with Crippen molar-refractivity contribution in [2.75, 3.05) is 6.54 Å². The Morgan fingerprint density at radius 2 is 1.67 bits per heavy atom. The number of benzene rings is 2. The molecule has 0 saturated heterocycles. The predicted octanol–water partition coefficient (Wildman–Crippen LogP) is 2.01. The number of hydrogen-bond donors (Lipinski definition) is 3. The largest absolute Gasteiger partial charge is 0.507 e. The van der Waals surface area contributed by atoms with Gasteiger partial charge in [-0.2, -0.15) is 0 Å². The van der Waals surface area contributed by atoms with Gasteiger partial charge in [0.25, 0.3) is 5.91 Å². The van der Waals surface area contributed by atoms with Gasteiger partial charge in [0.1, 0.15) is 18.1 Å². The van der Waals surface area contributed by atoms with Crippen LogP contribution < -0.4 is 5.32 Å². The Bertz CT molecular complexity index is 683. The Labute approximate surface area is 119 Å².